The van der Waals surface area contributed by atoms with Gasteiger partial charge in [0.05, 0.1) is 25.0 Å². The molecule has 1 aliphatic heterocycles. The maximum absolute atomic E-state index is 13.4. The van der Waals surface area contributed by atoms with Crippen molar-refractivity contribution in [1.29, 1.82) is 0 Å². The number of carbonyl (C=O) groups is 3. The fourth-order valence-corrected chi connectivity index (χ4v) is 6.07. The lowest BCUT2D eigenvalue weighted by atomic mass is 9.62. The van der Waals surface area contributed by atoms with Gasteiger partial charge >= 0.3 is 11.9 Å². The Hall–Kier alpha value is -3.41. The summed E-state index contributed by atoms with van der Waals surface area (Å²) in [5.74, 6) is -1.18. The Morgan fingerprint density at radius 2 is 1.32 bits per heavy atom. The van der Waals surface area contributed by atoms with E-state index in [0.29, 0.717) is 38.0 Å². The summed E-state index contributed by atoms with van der Waals surface area (Å²) in [5, 5.41) is 0. The van der Waals surface area contributed by atoms with E-state index in [9.17, 15) is 14.4 Å². The number of hydrogen-bond donors (Lipinski definition) is 0. The van der Waals surface area contributed by atoms with Crippen molar-refractivity contribution < 1.29 is 28.6 Å². The van der Waals surface area contributed by atoms with Gasteiger partial charge in [0.1, 0.15) is 11.5 Å². The fraction of sp³-hybridized carbons (Fsp3) is 0.469. The monoisotopic (exact) mass is 516 g/mol. The van der Waals surface area contributed by atoms with Crippen molar-refractivity contribution in [2.45, 2.75) is 70.6 Å². The molecule has 0 spiro atoms. The van der Waals surface area contributed by atoms with Gasteiger partial charge in [-0.25, -0.2) is 0 Å². The normalized spacial score (nSPS) is 24.6. The molecule has 6 nitrogen and oxygen atoms in total. The second-order valence-corrected chi connectivity index (χ2v) is 10.6. The van der Waals surface area contributed by atoms with Crippen LogP contribution in [0.4, 0.5) is 0 Å². The van der Waals surface area contributed by atoms with Gasteiger partial charge in [0, 0.05) is 17.9 Å². The van der Waals surface area contributed by atoms with E-state index in [1.165, 1.54) is 0 Å². The minimum atomic E-state index is -0.806. The van der Waals surface area contributed by atoms with Crippen molar-refractivity contribution in [1.82, 2.24) is 0 Å². The molecular weight excluding hydrogens is 480 g/mol. The third-order valence-corrected chi connectivity index (χ3v) is 8.10. The molecule has 200 valence electrons. The first-order chi connectivity index (χ1) is 18.5. The van der Waals surface area contributed by atoms with E-state index in [2.05, 4.69) is 13.8 Å². The maximum atomic E-state index is 13.4. The highest BCUT2D eigenvalue weighted by atomic mass is 16.6. The van der Waals surface area contributed by atoms with E-state index in [-0.39, 0.29) is 17.6 Å². The van der Waals surface area contributed by atoms with E-state index < -0.39 is 23.8 Å². The van der Waals surface area contributed by atoms with Crippen LogP contribution in [0.3, 0.4) is 0 Å². The number of allylic oxidation sites excluding steroid dienone is 1. The molecule has 0 unspecified atom stereocenters. The van der Waals surface area contributed by atoms with Gasteiger partial charge in [0.15, 0.2) is 5.78 Å². The molecule has 0 aromatic heterocycles. The van der Waals surface area contributed by atoms with Crippen LogP contribution in [0.2, 0.25) is 0 Å². The smallest absolute Gasteiger partial charge is 0.322 e. The van der Waals surface area contributed by atoms with Crippen molar-refractivity contribution in [3.05, 3.63) is 70.8 Å². The van der Waals surface area contributed by atoms with E-state index in [0.717, 1.165) is 53.9 Å². The summed E-state index contributed by atoms with van der Waals surface area (Å²) in [7, 11) is 0. The van der Waals surface area contributed by atoms with E-state index in [4.69, 9.17) is 14.2 Å². The number of rotatable bonds is 10. The summed E-state index contributed by atoms with van der Waals surface area (Å²) in [6, 6.07) is 15.8. The minimum Gasteiger partial charge on any atom is -0.494 e. The van der Waals surface area contributed by atoms with Crippen molar-refractivity contribution >= 4 is 17.7 Å². The van der Waals surface area contributed by atoms with Gasteiger partial charge in [-0.15, -0.1) is 0 Å². The number of benzene rings is 2. The van der Waals surface area contributed by atoms with Crippen molar-refractivity contribution in [3.8, 4) is 11.5 Å². The number of Topliss-reactive ketones (excluding diaryl/α,β-unsaturated/α-hetero) is 1. The lowest BCUT2D eigenvalue weighted by Crippen LogP contribution is -2.37. The third-order valence-electron chi connectivity index (χ3n) is 8.10. The Balaban J connectivity index is 1.39. The van der Waals surface area contributed by atoms with Crippen LogP contribution in [0.5, 0.6) is 11.5 Å². The molecule has 0 bridgehead atoms. The zero-order valence-electron chi connectivity index (χ0n) is 22.2. The minimum absolute atomic E-state index is 0.0330. The lowest BCUT2D eigenvalue weighted by molar-refractivity contribution is -0.153. The molecule has 2 aromatic carbocycles. The first kappa shape index (κ1) is 26.2. The molecule has 0 N–H and O–H groups in total. The Morgan fingerprint density at radius 1 is 0.737 bits per heavy atom. The molecule has 0 radical (unpaired) electrons. The van der Waals surface area contributed by atoms with E-state index >= 15 is 0 Å². The third kappa shape index (κ3) is 5.27. The fourth-order valence-electron chi connectivity index (χ4n) is 6.07. The van der Waals surface area contributed by atoms with Crippen LogP contribution in [-0.2, 0) is 19.1 Å². The maximum Gasteiger partial charge on any atom is 0.322 e. The van der Waals surface area contributed by atoms with Crippen molar-refractivity contribution in [2.24, 2.45) is 11.8 Å². The molecule has 2 aliphatic carbocycles. The van der Waals surface area contributed by atoms with Gasteiger partial charge in [0.25, 0.3) is 0 Å². The molecule has 4 atom stereocenters. The van der Waals surface area contributed by atoms with Crippen molar-refractivity contribution in [3.63, 3.8) is 0 Å². The Labute approximate surface area is 224 Å². The summed E-state index contributed by atoms with van der Waals surface area (Å²) in [4.78, 5) is 39.1. The molecule has 6 heteroatoms. The first-order valence-electron chi connectivity index (χ1n) is 14.0. The SMILES string of the molecule is CCCCOc1ccc([C@H]2CC(=O)C3=C(C2)C[C@H](c2ccc(OCCCC)cc2)[C@H]2C(=O)OC(=O)[C@H]32)cc1. The zero-order chi connectivity index (χ0) is 26.6. The standard InChI is InChI=1S/C32H36O6/c1-3-5-15-36-24-11-7-20(8-12-24)22-17-23-18-26(21-9-13-25(14-10-21)37-16-6-4-2)29-30(28(23)27(33)19-22)32(35)38-31(29)34/h7-14,22,26,29-30H,3-6,15-19H2,1-2H3/t22-,26-,29-,30-/m1/s1. The van der Waals surface area contributed by atoms with Gasteiger partial charge in [-0.3, -0.25) is 14.4 Å². The number of cyclic esters (lactones) is 2. The molecule has 0 amide bonds. The van der Waals surface area contributed by atoms with E-state index in [1.807, 2.05) is 48.5 Å². The molecule has 2 aromatic rings. The van der Waals surface area contributed by atoms with Crippen LogP contribution in [0.1, 0.15) is 81.8 Å². The zero-order valence-corrected chi connectivity index (χ0v) is 22.2. The largest absolute Gasteiger partial charge is 0.494 e. The molecule has 1 saturated heterocycles. The van der Waals surface area contributed by atoms with Gasteiger partial charge in [-0.1, -0.05) is 56.5 Å². The number of ketones is 1. The average molecular weight is 517 g/mol. The average Bonchev–Trinajstić information content (AvgIpc) is 3.22. The van der Waals surface area contributed by atoms with E-state index in [1.54, 1.807) is 0 Å². The Morgan fingerprint density at radius 3 is 1.89 bits per heavy atom. The Kier molecular flexibility index (Phi) is 7.96. The topological polar surface area (TPSA) is 78.9 Å². The summed E-state index contributed by atoms with van der Waals surface area (Å²) < 4.78 is 16.7. The number of unbranched alkanes of at least 4 members (excludes halogenated alkanes) is 2. The highest BCUT2D eigenvalue weighted by Gasteiger charge is 2.56. The summed E-state index contributed by atoms with van der Waals surface area (Å²) >= 11 is 0. The molecule has 38 heavy (non-hydrogen) atoms. The summed E-state index contributed by atoms with van der Waals surface area (Å²) in [5.41, 5.74) is 3.56. The Bertz CT molecular complexity index is 1210. The second-order valence-electron chi connectivity index (χ2n) is 10.6. The number of esters is 2. The molecular formula is C32H36O6. The van der Waals surface area contributed by atoms with Crippen molar-refractivity contribution in [2.75, 3.05) is 13.2 Å². The van der Waals surface area contributed by atoms with Gasteiger partial charge in [-0.2, -0.15) is 0 Å². The van der Waals surface area contributed by atoms with Crippen LogP contribution in [0, 0.1) is 11.8 Å². The second kappa shape index (κ2) is 11.5. The van der Waals surface area contributed by atoms with Crippen LogP contribution in [0.25, 0.3) is 0 Å². The summed E-state index contributed by atoms with van der Waals surface area (Å²) in [6.07, 6.45) is 5.73. The number of carbonyl (C=O) groups excluding carboxylic acids is 3. The number of fused-ring (bicyclic) bond motifs is 2. The quantitative estimate of drug-likeness (QED) is 0.210. The van der Waals surface area contributed by atoms with Crippen LogP contribution in [-0.4, -0.2) is 30.9 Å². The van der Waals surface area contributed by atoms with Crippen LogP contribution < -0.4 is 9.47 Å². The number of ether oxygens (including phenoxy) is 3. The molecule has 5 rings (SSSR count). The lowest BCUT2D eigenvalue weighted by Gasteiger charge is -2.37. The molecule has 1 heterocycles. The first-order valence-corrected chi connectivity index (χ1v) is 14.0. The highest BCUT2D eigenvalue weighted by molar-refractivity contribution is 6.09. The molecule has 3 aliphatic rings. The van der Waals surface area contributed by atoms with Crippen LogP contribution >= 0.6 is 0 Å². The van der Waals surface area contributed by atoms with Gasteiger partial charge < -0.3 is 14.2 Å². The van der Waals surface area contributed by atoms with Crippen LogP contribution in [0.15, 0.2) is 59.7 Å². The van der Waals surface area contributed by atoms with Gasteiger partial charge in [0.2, 0.25) is 0 Å². The highest BCUT2D eigenvalue weighted by Crippen LogP contribution is 2.53. The van der Waals surface area contributed by atoms with Gasteiger partial charge in [-0.05, 0) is 67.0 Å². The summed E-state index contributed by atoms with van der Waals surface area (Å²) in [6.45, 7) is 5.61. The predicted molar refractivity (Wildman–Crippen MR) is 143 cm³/mol. The predicted octanol–water partition coefficient (Wildman–Crippen LogP) is 6.29. The number of hydrogen-bond acceptors (Lipinski definition) is 6. The molecule has 1 fully saturated rings. The molecule has 0 saturated carbocycles.